The average Bonchev–Trinajstić information content (AvgIpc) is 2.84. The summed E-state index contributed by atoms with van der Waals surface area (Å²) in [4.78, 5) is 14.6. The minimum Gasteiger partial charge on any atom is -0.493 e. The number of hydrogen-bond acceptors (Lipinski definition) is 8. The van der Waals surface area contributed by atoms with Gasteiger partial charge in [-0.05, 0) is 43.4 Å². The van der Waals surface area contributed by atoms with Crippen LogP contribution in [-0.2, 0) is 24.8 Å². The van der Waals surface area contributed by atoms with Gasteiger partial charge in [-0.2, -0.15) is 8.61 Å². The van der Waals surface area contributed by atoms with Crippen LogP contribution in [-0.4, -0.2) is 97.3 Å². The molecule has 0 atom stereocenters. The lowest BCUT2D eigenvalue weighted by molar-refractivity contribution is -0.116. The van der Waals surface area contributed by atoms with Gasteiger partial charge in [0.15, 0.2) is 11.5 Å². The van der Waals surface area contributed by atoms with E-state index in [1.165, 1.54) is 68.0 Å². The number of nitrogens with one attached hydrogen (secondary N) is 1. The van der Waals surface area contributed by atoms with Crippen LogP contribution in [0.1, 0.15) is 0 Å². The second-order valence-electron chi connectivity index (χ2n) is 8.06. The Morgan fingerprint density at radius 1 is 0.914 bits per heavy atom. The molecule has 0 bridgehead atoms. The van der Waals surface area contributed by atoms with Crippen molar-refractivity contribution in [1.29, 1.82) is 0 Å². The van der Waals surface area contributed by atoms with Gasteiger partial charge < -0.3 is 19.7 Å². The van der Waals surface area contributed by atoms with E-state index < -0.39 is 32.5 Å². The standard InChI is InChI=1S/C22H30N4O7S2/c1-24-11-13-26(14-12-24)35(30,31)18-7-5-17(6-8-18)23-22(27)16-25(2)34(28,29)19-9-10-20(32-3)21(15-19)33-4/h5-10,15H,11-14,16H2,1-4H3,(H,23,27). The lowest BCUT2D eigenvalue weighted by Crippen LogP contribution is -2.46. The Morgan fingerprint density at radius 2 is 1.49 bits per heavy atom. The normalized spacial score (nSPS) is 15.7. The van der Waals surface area contributed by atoms with Gasteiger partial charge in [0, 0.05) is 45.0 Å². The largest absolute Gasteiger partial charge is 0.493 e. The third-order valence-corrected chi connectivity index (χ3v) is 9.38. The predicted molar refractivity (Wildman–Crippen MR) is 131 cm³/mol. The fourth-order valence-corrected chi connectivity index (χ4v) is 6.10. The molecule has 1 fully saturated rings. The minimum atomic E-state index is -3.98. The molecule has 0 aliphatic carbocycles. The maximum Gasteiger partial charge on any atom is 0.243 e. The summed E-state index contributed by atoms with van der Waals surface area (Å²) in [7, 11) is -1.53. The first kappa shape index (κ1) is 26.9. The van der Waals surface area contributed by atoms with Gasteiger partial charge in [-0.3, -0.25) is 4.79 Å². The van der Waals surface area contributed by atoms with Gasteiger partial charge in [0.25, 0.3) is 0 Å². The second-order valence-corrected chi connectivity index (χ2v) is 12.0. The van der Waals surface area contributed by atoms with Crippen molar-refractivity contribution >= 4 is 31.6 Å². The molecule has 35 heavy (non-hydrogen) atoms. The van der Waals surface area contributed by atoms with E-state index in [1.807, 2.05) is 7.05 Å². The van der Waals surface area contributed by atoms with E-state index in [0.717, 1.165) is 4.31 Å². The molecule has 2 aromatic carbocycles. The molecule has 0 radical (unpaired) electrons. The van der Waals surface area contributed by atoms with Crippen LogP contribution >= 0.6 is 0 Å². The van der Waals surface area contributed by atoms with Crippen molar-refractivity contribution in [1.82, 2.24) is 13.5 Å². The van der Waals surface area contributed by atoms with E-state index in [0.29, 0.717) is 37.6 Å². The second kappa shape index (κ2) is 10.9. The zero-order chi connectivity index (χ0) is 25.8. The summed E-state index contributed by atoms with van der Waals surface area (Å²) in [6.07, 6.45) is 0. The topological polar surface area (TPSA) is 126 Å². The lowest BCUT2D eigenvalue weighted by atomic mass is 10.3. The number of sulfonamides is 2. The first-order valence-electron chi connectivity index (χ1n) is 10.8. The molecule has 1 heterocycles. The third kappa shape index (κ3) is 6.11. The van der Waals surface area contributed by atoms with Gasteiger partial charge >= 0.3 is 0 Å². The number of nitrogens with zero attached hydrogens (tertiary/aromatic N) is 3. The molecular weight excluding hydrogens is 496 g/mol. The highest BCUT2D eigenvalue weighted by Gasteiger charge is 2.28. The summed E-state index contributed by atoms with van der Waals surface area (Å²) in [5.41, 5.74) is 0.351. The molecule has 0 unspecified atom stereocenters. The van der Waals surface area contributed by atoms with Gasteiger partial charge in [-0.15, -0.1) is 0 Å². The summed E-state index contributed by atoms with van der Waals surface area (Å²) in [6, 6.07) is 9.96. The molecule has 192 valence electrons. The summed E-state index contributed by atoms with van der Waals surface area (Å²) >= 11 is 0. The quantitative estimate of drug-likeness (QED) is 0.511. The molecule has 0 spiro atoms. The Hall–Kier alpha value is -2.71. The Balaban J connectivity index is 1.65. The SMILES string of the molecule is COc1ccc(S(=O)(=O)N(C)CC(=O)Nc2ccc(S(=O)(=O)N3CCN(C)CC3)cc2)cc1OC. The Labute approximate surface area is 206 Å². The zero-order valence-electron chi connectivity index (χ0n) is 20.1. The van der Waals surface area contributed by atoms with E-state index in [-0.39, 0.29) is 15.5 Å². The van der Waals surface area contributed by atoms with Gasteiger partial charge in [-0.25, -0.2) is 16.8 Å². The molecule has 1 N–H and O–H groups in total. The Bertz CT molecular complexity index is 1260. The lowest BCUT2D eigenvalue weighted by Gasteiger charge is -2.31. The van der Waals surface area contributed by atoms with Crippen molar-refractivity contribution < 1.29 is 31.1 Å². The average molecular weight is 527 g/mol. The van der Waals surface area contributed by atoms with Crippen molar-refractivity contribution in [2.45, 2.75) is 9.79 Å². The number of amides is 1. The molecule has 0 saturated carbocycles. The van der Waals surface area contributed by atoms with E-state index >= 15 is 0 Å². The number of methoxy groups -OCH3 is 2. The minimum absolute atomic E-state index is 0.0519. The van der Waals surface area contributed by atoms with Gasteiger partial charge in [0.05, 0.1) is 30.6 Å². The first-order valence-corrected chi connectivity index (χ1v) is 13.6. The van der Waals surface area contributed by atoms with E-state index in [1.54, 1.807) is 0 Å². The molecule has 3 rings (SSSR count). The highest BCUT2D eigenvalue weighted by atomic mass is 32.2. The van der Waals surface area contributed by atoms with Gasteiger partial charge in [0.2, 0.25) is 26.0 Å². The molecule has 1 amide bonds. The van der Waals surface area contributed by atoms with Crippen molar-refractivity contribution in [3.8, 4) is 11.5 Å². The van der Waals surface area contributed by atoms with Crippen LogP contribution in [0.15, 0.2) is 52.3 Å². The molecule has 2 aromatic rings. The smallest absolute Gasteiger partial charge is 0.243 e. The van der Waals surface area contributed by atoms with Crippen molar-refractivity contribution in [2.24, 2.45) is 0 Å². The number of rotatable bonds is 9. The summed E-state index contributed by atoms with van der Waals surface area (Å²) < 4.78 is 64.1. The van der Waals surface area contributed by atoms with Gasteiger partial charge in [-0.1, -0.05) is 0 Å². The highest BCUT2D eigenvalue weighted by molar-refractivity contribution is 7.89. The molecule has 1 aliphatic heterocycles. The van der Waals surface area contributed by atoms with Crippen LogP contribution in [0.25, 0.3) is 0 Å². The maximum absolute atomic E-state index is 12.9. The van der Waals surface area contributed by atoms with E-state index in [9.17, 15) is 21.6 Å². The van der Waals surface area contributed by atoms with E-state index in [4.69, 9.17) is 9.47 Å². The summed E-state index contributed by atoms with van der Waals surface area (Å²) in [6.45, 7) is 1.70. The first-order chi connectivity index (χ1) is 16.5. The summed E-state index contributed by atoms with van der Waals surface area (Å²) in [5, 5.41) is 2.60. The fraction of sp³-hybridized carbons (Fsp3) is 0.409. The van der Waals surface area contributed by atoms with Crippen LogP contribution in [0.3, 0.4) is 0 Å². The number of anilines is 1. The molecule has 11 nitrogen and oxygen atoms in total. The molecule has 0 aromatic heterocycles. The monoisotopic (exact) mass is 526 g/mol. The maximum atomic E-state index is 12.9. The number of piperazine rings is 1. The molecule has 1 aliphatic rings. The molecule has 1 saturated heterocycles. The molecular formula is C22H30N4O7S2. The fourth-order valence-electron chi connectivity index (χ4n) is 3.53. The van der Waals surface area contributed by atoms with Gasteiger partial charge in [0.1, 0.15) is 0 Å². The Kier molecular flexibility index (Phi) is 8.38. The van der Waals surface area contributed by atoms with Crippen LogP contribution in [0, 0.1) is 0 Å². The van der Waals surface area contributed by atoms with Crippen LogP contribution < -0.4 is 14.8 Å². The zero-order valence-corrected chi connectivity index (χ0v) is 21.7. The predicted octanol–water partition coefficient (Wildman–Crippen LogP) is 0.899. The number of ether oxygens (including phenoxy) is 2. The van der Waals surface area contributed by atoms with Crippen molar-refractivity contribution in [3.05, 3.63) is 42.5 Å². The Morgan fingerprint density at radius 3 is 2.06 bits per heavy atom. The molecule has 13 heteroatoms. The van der Waals surface area contributed by atoms with Crippen LogP contribution in [0.5, 0.6) is 11.5 Å². The number of carbonyl (C=O) groups is 1. The van der Waals surface area contributed by atoms with Crippen molar-refractivity contribution in [2.75, 3.05) is 66.4 Å². The van der Waals surface area contributed by atoms with E-state index in [2.05, 4.69) is 10.2 Å². The summed E-state index contributed by atoms with van der Waals surface area (Å²) in [5.74, 6) is 0.0502. The number of carbonyl (C=O) groups excluding carboxylic acids is 1. The van der Waals surface area contributed by atoms with Crippen LogP contribution in [0.4, 0.5) is 5.69 Å². The third-order valence-electron chi connectivity index (χ3n) is 5.67. The number of benzene rings is 2. The number of hydrogen-bond donors (Lipinski definition) is 1. The van der Waals surface area contributed by atoms with Crippen molar-refractivity contribution in [3.63, 3.8) is 0 Å². The van der Waals surface area contributed by atoms with Crippen LogP contribution in [0.2, 0.25) is 0 Å². The highest BCUT2D eigenvalue weighted by Crippen LogP contribution is 2.30. The number of likely N-dealkylation sites (N-methyl/N-ethyl adjacent to an activating group) is 2.